The summed E-state index contributed by atoms with van der Waals surface area (Å²) in [5, 5.41) is 106. The molecule has 64 heavy (non-hydrogen) atoms. The van der Waals surface area contributed by atoms with Gasteiger partial charge in [0.2, 0.25) is 0 Å². The van der Waals surface area contributed by atoms with Gasteiger partial charge < -0.3 is 56.6 Å². The summed E-state index contributed by atoms with van der Waals surface area (Å²) in [7, 11) is 0. The zero-order valence-electron chi connectivity index (χ0n) is 38.6. The number of phenolic OH excluding ortho intramolecular Hbond substituents is 1. The number of unbranched alkanes of at least 4 members (excludes halogenated alkanes) is 1. The number of aromatic hydroxyl groups is 1. The van der Waals surface area contributed by atoms with Gasteiger partial charge in [-0.2, -0.15) is 0 Å². The van der Waals surface area contributed by atoms with E-state index >= 15 is 0 Å². The summed E-state index contributed by atoms with van der Waals surface area (Å²) in [6.07, 6.45) is 6.50. The van der Waals surface area contributed by atoms with Gasteiger partial charge in [0.15, 0.2) is 0 Å². The molecule has 2 aliphatic rings. The lowest BCUT2D eigenvalue weighted by atomic mass is 9.74. The molecule has 2 aromatic carbocycles. The number of hydrogen-bond donors (Lipinski definition) is 11. The number of aliphatic hydroxyl groups is 7. The average Bonchev–Trinajstić information content (AvgIpc) is 3.45. The minimum Gasteiger partial charge on any atom is -0.508 e. The maximum atomic E-state index is 13.0. The van der Waals surface area contributed by atoms with E-state index in [0.29, 0.717) is 44.1 Å². The molecule has 11 unspecified atom stereocenters. The van der Waals surface area contributed by atoms with Crippen LogP contribution in [0.15, 0.2) is 65.8 Å². The van der Waals surface area contributed by atoms with Gasteiger partial charge in [0.1, 0.15) is 5.75 Å². The SMILES string of the molecule is CCCCC(O)C(O)C=CC1=C(CC(O)CO)C(CCC(O)C2NC(C)CCCC2CC(=O)O)NC(C(C)(O)C(CCCO)c2ccc(O)cc2)CC#Cc2c(CC)cccc2CC1. The maximum Gasteiger partial charge on any atom is 0.303 e. The van der Waals surface area contributed by atoms with E-state index in [2.05, 4.69) is 35.5 Å². The number of rotatable bonds is 22. The van der Waals surface area contributed by atoms with Crippen LogP contribution in [0, 0.1) is 17.8 Å². The van der Waals surface area contributed by atoms with Crippen LogP contribution in [0.25, 0.3) is 0 Å². The van der Waals surface area contributed by atoms with E-state index in [1.165, 1.54) is 0 Å². The van der Waals surface area contributed by atoms with Crippen molar-refractivity contribution in [2.75, 3.05) is 13.2 Å². The number of benzene rings is 2. The number of carboxylic acid groups (broad SMARTS) is 1. The van der Waals surface area contributed by atoms with Crippen LogP contribution in [0.2, 0.25) is 0 Å². The number of allylic oxidation sites excluding steroid dienone is 2. The van der Waals surface area contributed by atoms with Crippen molar-refractivity contribution in [2.24, 2.45) is 5.92 Å². The lowest BCUT2D eigenvalue weighted by Gasteiger charge is -2.42. The molecule has 1 saturated heterocycles. The van der Waals surface area contributed by atoms with Gasteiger partial charge >= 0.3 is 5.97 Å². The Hall–Kier alpha value is -3.61. The molecule has 0 bridgehead atoms. The molecule has 0 aliphatic carbocycles. The third-order valence-electron chi connectivity index (χ3n) is 13.6. The molecule has 2 aromatic rings. The number of phenols is 1. The maximum absolute atomic E-state index is 13.0. The Morgan fingerprint density at radius 2 is 1.72 bits per heavy atom. The number of aliphatic hydroxyl groups excluding tert-OH is 6. The zero-order chi connectivity index (χ0) is 46.8. The molecule has 356 valence electrons. The molecule has 4 rings (SSSR count). The number of carbonyl (C=O) groups is 1. The summed E-state index contributed by atoms with van der Waals surface area (Å²) in [4.78, 5) is 12.0. The first-order chi connectivity index (χ1) is 30.6. The fourth-order valence-corrected chi connectivity index (χ4v) is 9.81. The van der Waals surface area contributed by atoms with Crippen LogP contribution in [0.5, 0.6) is 5.75 Å². The second-order valence-electron chi connectivity index (χ2n) is 18.5. The van der Waals surface area contributed by atoms with Gasteiger partial charge in [-0.05, 0) is 130 Å². The fraction of sp³-hybridized carbons (Fsp3) is 0.635. The average molecular weight is 891 g/mol. The molecule has 12 heteroatoms. The summed E-state index contributed by atoms with van der Waals surface area (Å²) in [6.45, 7) is 7.25. The number of nitrogens with one attached hydrogen (secondary N) is 2. The van der Waals surface area contributed by atoms with Crippen molar-refractivity contribution in [3.05, 3.63) is 88.0 Å². The Balaban J connectivity index is 1.97. The van der Waals surface area contributed by atoms with Crippen molar-refractivity contribution in [1.29, 1.82) is 0 Å². The molecule has 2 aliphatic heterocycles. The van der Waals surface area contributed by atoms with Crippen molar-refractivity contribution in [2.45, 2.75) is 191 Å². The highest BCUT2D eigenvalue weighted by atomic mass is 16.4. The van der Waals surface area contributed by atoms with Crippen LogP contribution < -0.4 is 10.6 Å². The van der Waals surface area contributed by atoms with E-state index < -0.39 is 66.6 Å². The molecule has 1 fully saturated rings. The number of hydrogen-bond acceptors (Lipinski definition) is 11. The van der Waals surface area contributed by atoms with E-state index in [9.17, 15) is 50.8 Å². The molecule has 0 saturated carbocycles. The van der Waals surface area contributed by atoms with Crippen LogP contribution in [0.3, 0.4) is 0 Å². The number of carboxylic acids is 1. The molecule has 12 nitrogen and oxygen atoms in total. The second-order valence-corrected chi connectivity index (χ2v) is 18.5. The molecular weight excluding hydrogens is 813 g/mol. The van der Waals surface area contributed by atoms with Gasteiger partial charge in [-0.15, -0.1) is 0 Å². The van der Waals surface area contributed by atoms with Crippen LogP contribution in [0.4, 0.5) is 0 Å². The van der Waals surface area contributed by atoms with Crippen molar-refractivity contribution in [1.82, 2.24) is 10.6 Å². The third kappa shape index (κ3) is 15.5. The van der Waals surface area contributed by atoms with Crippen LogP contribution in [-0.4, -0.2) is 119 Å². The van der Waals surface area contributed by atoms with Crippen molar-refractivity contribution in [3.63, 3.8) is 0 Å². The quantitative estimate of drug-likeness (QED) is 0.0656. The Morgan fingerprint density at radius 1 is 0.969 bits per heavy atom. The van der Waals surface area contributed by atoms with E-state index in [-0.39, 0.29) is 56.4 Å². The Kier molecular flexibility index (Phi) is 22.0. The summed E-state index contributed by atoms with van der Waals surface area (Å²) in [6, 6.07) is 10.9. The minimum atomic E-state index is -1.55. The molecular formula is C52H78N2O10. The van der Waals surface area contributed by atoms with Gasteiger partial charge in [0.25, 0.3) is 0 Å². The predicted molar refractivity (Wildman–Crippen MR) is 251 cm³/mol. The van der Waals surface area contributed by atoms with E-state index in [1.807, 2.05) is 26.0 Å². The summed E-state index contributed by atoms with van der Waals surface area (Å²) in [5.74, 6) is 5.20. The van der Waals surface area contributed by atoms with Gasteiger partial charge in [-0.1, -0.05) is 87.4 Å². The summed E-state index contributed by atoms with van der Waals surface area (Å²) in [5.41, 5.74) is 3.64. The minimum absolute atomic E-state index is 0.00702. The smallest absolute Gasteiger partial charge is 0.303 e. The Labute approximate surface area is 381 Å². The fourth-order valence-electron chi connectivity index (χ4n) is 9.81. The molecule has 0 aromatic heterocycles. The predicted octanol–water partition coefficient (Wildman–Crippen LogP) is 5.55. The largest absolute Gasteiger partial charge is 0.508 e. The lowest BCUT2D eigenvalue weighted by molar-refractivity contribution is -0.138. The summed E-state index contributed by atoms with van der Waals surface area (Å²) < 4.78 is 0. The highest BCUT2D eigenvalue weighted by molar-refractivity contribution is 5.67. The van der Waals surface area contributed by atoms with Crippen molar-refractivity contribution < 1.29 is 50.8 Å². The van der Waals surface area contributed by atoms with E-state index in [1.54, 1.807) is 43.3 Å². The molecule has 0 spiro atoms. The molecule has 0 amide bonds. The van der Waals surface area contributed by atoms with Gasteiger partial charge in [-0.3, -0.25) is 4.79 Å². The topological polar surface area (TPSA) is 223 Å². The molecule has 2 heterocycles. The van der Waals surface area contributed by atoms with Gasteiger partial charge in [0, 0.05) is 55.1 Å². The number of fused-ring (bicyclic) bond motifs is 1. The number of aryl methyl sites for hydroxylation is 2. The first kappa shape index (κ1) is 53.0. The second kappa shape index (κ2) is 26.5. The van der Waals surface area contributed by atoms with Crippen LogP contribution in [-0.2, 0) is 17.6 Å². The van der Waals surface area contributed by atoms with Crippen LogP contribution >= 0.6 is 0 Å². The normalized spacial score (nSPS) is 24.5. The lowest BCUT2D eigenvalue weighted by Crippen LogP contribution is -2.56. The van der Waals surface area contributed by atoms with Gasteiger partial charge in [-0.25, -0.2) is 0 Å². The summed E-state index contributed by atoms with van der Waals surface area (Å²) >= 11 is 0. The standard InChI is InChI=1S/C52H78N2O10/c1-5-7-18-46(59)47(60)28-24-37-21-20-36-14-9-13-35(6-2)42(36)16-10-19-49(52(4,64)44(17-11-30-55)38-22-25-40(57)26-23-38)54-45(43(37)32-41(58)33-56)27-29-48(61)51-39(31-50(62)63)15-8-12-34(3)53-51/h9,13-14,22-26,28,34,39,41,44-49,51,53-61,64H,5-8,11-12,15,17-21,27,29-33H2,1-4H3,(H,62,63). The zero-order valence-corrected chi connectivity index (χ0v) is 38.6. The van der Waals surface area contributed by atoms with Crippen molar-refractivity contribution >= 4 is 5.97 Å². The first-order valence-electron chi connectivity index (χ1n) is 23.8. The molecule has 0 radical (unpaired) electrons. The molecule has 11 atom stereocenters. The highest BCUT2D eigenvalue weighted by Gasteiger charge is 2.42. The first-order valence-corrected chi connectivity index (χ1v) is 23.8. The van der Waals surface area contributed by atoms with E-state index in [0.717, 1.165) is 59.9 Å². The monoisotopic (exact) mass is 891 g/mol. The highest BCUT2D eigenvalue weighted by Crippen LogP contribution is 2.38. The molecule has 11 N–H and O–H groups in total. The van der Waals surface area contributed by atoms with Gasteiger partial charge in [0.05, 0.1) is 36.6 Å². The van der Waals surface area contributed by atoms with E-state index in [4.69, 9.17) is 0 Å². The van der Waals surface area contributed by atoms with Crippen LogP contribution in [0.1, 0.15) is 146 Å². The van der Waals surface area contributed by atoms with Crippen molar-refractivity contribution in [3.8, 4) is 17.6 Å². The number of aliphatic carboxylic acids is 1. The third-order valence-corrected chi connectivity index (χ3v) is 13.6. The Morgan fingerprint density at radius 3 is 2.39 bits per heavy atom. The Bertz CT molecular complexity index is 1850.